The summed E-state index contributed by atoms with van der Waals surface area (Å²) in [4.78, 5) is 24.0. The molecule has 0 radical (unpaired) electrons. The van der Waals surface area contributed by atoms with Gasteiger partial charge in [0.2, 0.25) is 0 Å². The molecule has 30 heavy (non-hydrogen) atoms. The fourth-order valence-electron chi connectivity index (χ4n) is 3.80. The fourth-order valence-corrected chi connectivity index (χ4v) is 3.80. The van der Waals surface area contributed by atoms with Crippen LogP contribution in [-0.4, -0.2) is 42.6 Å². The largest absolute Gasteiger partial charge is 0.385 e. The van der Waals surface area contributed by atoms with Gasteiger partial charge in [-0.1, -0.05) is 25.1 Å². The number of aryl methyl sites for hydroxylation is 2. The van der Waals surface area contributed by atoms with Crippen molar-refractivity contribution in [2.24, 2.45) is 5.92 Å². The maximum atomic E-state index is 12.9. The number of anilines is 1. The van der Waals surface area contributed by atoms with E-state index in [1.165, 1.54) is 30.3 Å². The molecule has 1 aliphatic carbocycles. The Morgan fingerprint density at radius 3 is 2.73 bits per heavy atom. The SMILES string of the molecule is CCCN(CC1CC1)c1cc(C(=O)Cc2ccc(CCCCOC)cc2C)ncn1. The van der Waals surface area contributed by atoms with Gasteiger partial charge >= 0.3 is 0 Å². The average Bonchev–Trinajstić information content (AvgIpc) is 3.57. The molecular weight excluding hydrogens is 374 g/mol. The maximum Gasteiger partial charge on any atom is 0.185 e. The molecule has 0 N–H and O–H groups in total. The van der Waals surface area contributed by atoms with Gasteiger partial charge in [0, 0.05) is 39.3 Å². The number of hydrogen-bond acceptors (Lipinski definition) is 5. The lowest BCUT2D eigenvalue weighted by Gasteiger charge is -2.23. The van der Waals surface area contributed by atoms with E-state index in [1.807, 2.05) is 6.07 Å². The van der Waals surface area contributed by atoms with Crippen molar-refractivity contribution in [2.45, 2.75) is 58.8 Å². The molecule has 1 aromatic heterocycles. The smallest absolute Gasteiger partial charge is 0.185 e. The van der Waals surface area contributed by atoms with Gasteiger partial charge in [0.15, 0.2) is 5.78 Å². The van der Waals surface area contributed by atoms with Crippen LogP contribution in [0.4, 0.5) is 5.82 Å². The number of hydrogen-bond donors (Lipinski definition) is 0. The van der Waals surface area contributed by atoms with Crippen molar-refractivity contribution in [2.75, 3.05) is 31.7 Å². The van der Waals surface area contributed by atoms with Crippen LogP contribution in [0.2, 0.25) is 0 Å². The van der Waals surface area contributed by atoms with Crippen LogP contribution in [0.5, 0.6) is 0 Å². The molecule has 0 bridgehead atoms. The van der Waals surface area contributed by atoms with E-state index in [-0.39, 0.29) is 5.78 Å². The number of ether oxygens (including phenoxy) is 1. The molecule has 1 aromatic carbocycles. The number of carbonyl (C=O) groups excluding carboxylic acids is 1. The summed E-state index contributed by atoms with van der Waals surface area (Å²) in [5, 5.41) is 0. The van der Waals surface area contributed by atoms with Crippen LogP contribution in [0.25, 0.3) is 0 Å². The Kier molecular flexibility index (Phi) is 8.38. The van der Waals surface area contributed by atoms with Gasteiger partial charge in [0.05, 0.1) is 0 Å². The van der Waals surface area contributed by atoms with E-state index < -0.39 is 0 Å². The van der Waals surface area contributed by atoms with Gasteiger partial charge in [0.25, 0.3) is 0 Å². The van der Waals surface area contributed by atoms with Crippen LogP contribution in [0.3, 0.4) is 0 Å². The standard InChI is InChI=1S/C25H35N3O2/c1-4-12-28(17-21-8-9-21)25-16-23(26-18-27-25)24(29)15-22-11-10-20(14-19(22)2)7-5-6-13-30-3/h10-11,14,16,18,21H,4-9,12-13,15,17H2,1-3H3. The number of nitrogens with zero attached hydrogens (tertiary/aromatic N) is 3. The van der Waals surface area contributed by atoms with E-state index in [2.05, 4.69) is 46.9 Å². The van der Waals surface area contributed by atoms with E-state index >= 15 is 0 Å². The Balaban J connectivity index is 1.63. The summed E-state index contributed by atoms with van der Waals surface area (Å²) in [7, 11) is 1.74. The van der Waals surface area contributed by atoms with Crippen LogP contribution < -0.4 is 4.90 Å². The second kappa shape index (κ2) is 11.2. The molecule has 162 valence electrons. The highest BCUT2D eigenvalue weighted by atomic mass is 16.5. The second-order valence-electron chi connectivity index (χ2n) is 8.46. The Labute approximate surface area is 180 Å². The van der Waals surface area contributed by atoms with Crippen molar-refractivity contribution in [3.63, 3.8) is 0 Å². The molecule has 0 saturated heterocycles. The normalized spacial score (nSPS) is 13.4. The van der Waals surface area contributed by atoms with Crippen molar-refractivity contribution >= 4 is 11.6 Å². The van der Waals surface area contributed by atoms with Crippen LogP contribution in [0.15, 0.2) is 30.6 Å². The summed E-state index contributed by atoms with van der Waals surface area (Å²) in [5.41, 5.74) is 4.08. The number of methoxy groups -OCH3 is 1. The van der Waals surface area contributed by atoms with Crippen LogP contribution in [-0.2, 0) is 17.6 Å². The molecule has 0 unspecified atom stereocenters. The third-order valence-electron chi connectivity index (χ3n) is 5.75. The first kappa shape index (κ1) is 22.4. The van der Waals surface area contributed by atoms with E-state index in [9.17, 15) is 4.79 Å². The molecule has 0 spiro atoms. The molecule has 5 nitrogen and oxygen atoms in total. The number of carbonyl (C=O) groups is 1. The van der Waals surface area contributed by atoms with Crippen molar-refractivity contribution in [3.05, 3.63) is 53.0 Å². The van der Waals surface area contributed by atoms with Gasteiger partial charge in [-0.3, -0.25) is 4.79 Å². The summed E-state index contributed by atoms with van der Waals surface area (Å²) >= 11 is 0. The van der Waals surface area contributed by atoms with Crippen LogP contribution in [0, 0.1) is 12.8 Å². The number of unbranched alkanes of at least 4 members (excludes halogenated alkanes) is 1. The number of aromatic nitrogens is 2. The van der Waals surface area contributed by atoms with Gasteiger partial charge in [-0.15, -0.1) is 0 Å². The first-order chi connectivity index (χ1) is 14.6. The molecule has 5 heteroatoms. The number of Topliss-reactive ketones (excluding diaryl/α,β-unsaturated/α-hetero) is 1. The van der Waals surface area contributed by atoms with E-state index in [4.69, 9.17) is 4.74 Å². The molecule has 1 heterocycles. The van der Waals surface area contributed by atoms with Crippen molar-refractivity contribution in [3.8, 4) is 0 Å². The van der Waals surface area contributed by atoms with E-state index in [0.717, 1.165) is 62.7 Å². The zero-order valence-electron chi connectivity index (χ0n) is 18.7. The van der Waals surface area contributed by atoms with Crippen LogP contribution >= 0.6 is 0 Å². The number of ketones is 1. The summed E-state index contributed by atoms with van der Waals surface area (Å²) in [6, 6.07) is 8.32. The minimum Gasteiger partial charge on any atom is -0.385 e. The molecular formula is C25H35N3O2. The third kappa shape index (κ3) is 6.63. The van der Waals surface area contributed by atoms with E-state index in [0.29, 0.717) is 12.1 Å². The highest BCUT2D eigenvalue weighted by molar-refractivity contribution is 5.96. The highest BCUT2D eigenvalue weighted by Gasteiger charge is 2.25. The van der Waals surface area contributed by atoms with Gasteiger partial charge in [-0.2, -0.15) is 0 Å². The molecule has 3 rings (SSSR count). The van der Waals surface area contributed by atoms with Gasteiger partial charge in [-0.05, 0) is 68.1 Å². The van der Waals surface area contributed by atoms with Crippen molar-refractivity contribution in [1.29, 1.82) is 0 Å². The predicted octanol–water partition coefficient (Wildman–Crippen LogP) is 4.81. The minimum absolute atomic E-state index is 0.0532. The molecule has 0 aliphatic heterocycles. The molecule has 1 saturated carbocycles. The Morgan fingerprint density at radius 2 is 2.03 bits per heavy atom. The van der Waals surface area contributed by atoms with Gasteiger partial charge < -0.3 is 9.64 Å². The zero-order chi connectivity index (χ0) is 21.3. The minimum atomic E-state index is 0.0532. The summed E-state index contributed by atoms with van der Waals surface area (Å²) in [6.45, 7) is 7.07. The van der Waals surface area contributed by atoms with Crippen molar-refractivity contribution in [1.82, 2.24) is 9.97 Å². The Bertz CT molecular complexity index is 833. The number of rotatable bonds is 13. The lowest BCUT2D eigenvalue weighted by molar-refractivity contribution is 0.0988. The second-order valence-corrected chi connectivity index (χ2v) is 8.46. The number of benzene rings is 1. The third-order valence-corrected chi connectivity index (χ3v) is 5.75. The first-order valence-electron chi connectivity index (χ1n) is 11.3. The van der Waals surface area contributed by atoms with E-state index in [1.54, 1.807) is 7.11 Å². The molecule has 0 amide bonds. The first-order valence-corrected chi connectivity index (χ1v) is 11.3. The van der Waals surface area contributed by atoms with Crippen LogP contribution in [0.1, 0.15) is 66.2 Å². The predicted molar refractivity (Wildman–Crippen MR) is 121 cm³/mol. The Hall–Kier alpha value is -2.27. The lowest BCUT2D eigenvalue weighted by Crippen LogP contribution is -2.27. The Morgan fingerprint density at radius 1 is 1.20 bits per heavy atom. The molecule has 2 aromatic rings. The van der Waals surface area contributed by atoms with Gasteiger partial charge in [0.1, 0.15) is 17.8 Å². The topological polar surface area (TPSA) is 55.3 Å². The maximum absolute atomic E-state index is 12.9. The van der Waals surface area contributed by atoms with Crippen molar-refractivity contribution < 1.29 is 9.53 Å². The summed E-state index contributed by atoms with van der Waals surface area (Å²) < 4.78 is 5.12. The lowest BCUT2D eigenvalue weighted by atomic mass is 9.97. The summed E-state index contributed by atoms with van der Waals surface area (Å²) in [5.74, 6) is 1.71. The molecule has 1 fully saturated rings. The zero-order valence-corrected chi connectivity index (χ0v) is 18.7. The quantitative estimate of drug-likeness (QED) is 0.351. The molecule has 0 atom stereocenters. The van der Waals surface area contributed by atoms with Gasteiger partial charge in [-0.25, -0.2) is 9.97 Å². The molecule has 1 aliphatic rings. The monoisotopic (exact) mass is 409 g/mol. The average molecular weight is 410 g/mol. The summed E-state index contributed by atoms with van der Waals surface area (Å²) in [6.07, 6.45) is 8.82. The fraction of sp³-hybridized carbons (Fsp3) is 0.560. The highest BCUT2D eigenvalue weighted by Crippen LogP contribution is 2.31.